The lowest BCUT2D eigenvalue weighted by Crippen LogP contribution is -2.16. The lowest BCUT2D eigenvalue weighted by atomic mass is 9.99. The van der Waals surface area contributed by atoms with E-state index < -0.39 is 0 Å². The monoisotopic (exact) mass is 305 g/mol. The quantitative estimate of drug-likeness (QED) is 0.883. The van der Waals surface area contributed by atoms with E-state index in [0.717, 1.165) is 11.1 Å². The molecule has 0 spiro atoms. The van der Waals surface area contributed by atoms with Gasteiger partial charge in [0.1, 0.15) is 11.6 Å². The molecule has 2 nitrogen and oxygen atoms in total. The van der Waals surface area contributed by atoms with Crippen molar-refractivity contribution >= 4 is 11.6 Å². The average Bonchev–Trinajstić information content (AvgIpc) is 3.30. The Kier molecular flexibility index (Phi) is 4.13. The normalized spacial score (nSPS) is 14.2. The first-order chi connectivity index (χ1) is 10.2. The summed E-state index contributed by atoms with van der Waals surface area (Å²) in [5, 5.41) is 4.11. The summed E-state index contributed by atoms with van der Waals surface area (Å²) in [6.45, 7) is 0.700. The Morgan fingerprint density at radius 3 is 2.62 bits per heavy atom. The summed E-state index contributed by atoms with van der Waals surface area (Å²) >= 11 is 6.08. The topological polar surface area (TPSA) is 21.3 Å². The van der Waals surface area contributed by atoms with Gasteiger partial charge in [0.2, 0.25) is 0 Å². The molecule has 0 aliphatic heterocycles. The minimum Gasteiger partial charge on any atom is -0.497 e. The van der Waals surface area contributed by atoms with Gasteiger partial charge in [0, 0.05) is 29.2 Å². The van der Waals surface area contributed by atoms with Crippen LogP contribution in [0.25, 0.3) is 11.1 Å². The fourth-order valence-corrected chi connectivity index (χ4v) is 2.55. The first-order valence-electron chi connectivity index (χ1n) is 7.03. The van der Waals surface area contributed by atoms with Crippen molar-refractivity contribution in [3.05, 3.63) is 52.8 Å². The Morgan fingerprint density at radius 1 is 1.19 bits per heavy atom. The van der Waals surface area contributed by atoms with Gasteiger partial charge >= 0.3 is 0 Å². The van der Waals surface area contributed by atoms with Crippen LogP contribution in [0.2, 0.25) is 5.02 Å². The number of ether oxygens (including phenoxy) is 1. The molecule has 0 heterocycles. The summed E-state index contributed by atoms with van der Waals surface area (Å²) in [6.07, 6.45) is 2.43. The van der Waals surface area contributed by atoms with E-state index in [1.165, 1.54) is 26.0 Å². The van der Waals surface area contributed by atoms with Crippen LogP contribution in [0.1, 0.15) is 18.4 Å². The molecule has 0 unspecified atom stereocenters. The molecule has 1 aliphatic rings. The Bertz CT molecular complexity index is 655. The molecule has 21 heavy (non-hydrogen) atoms. The fraction of sp³-hybridized carbons (Fsp3) is 0.294. The molecule has 0 radical (unpaired) electrons. The van der Waals surface area contributed by atoms with Gasteiger partial charge in [0.15, 0.2) is 0 Å². The molecule has 1 N–H and O–H groups in total. The second-order valence-electron chi connectivity index (χ2n) is 5.30. The second-order valence-corrected chi connectivity index (χ2v) is 5.74. The lowest BCUT2D eigenvalue weighted by Gasteiger charge is -2.13. The van der Waals surface area contributed by atoms with E-state index >= 15 is 0 Å². The van der Waals surface area contributed by atoms with E-state index in [0.29, 0.717) is 28.9 Å². The molecule has 0 atom stereocenters. The van der Waals surface area contributed by atoms with Crippen LogP contribution >= 0.6 is 11.6 Å². The predicted octanol–water partition coefficient (Wildman–Crippen LogP) is 4.41. The van der Waals surface area contributed by atoms with Gasteiger partial charge in [-0.15, -0.1) is 0 Å². The van der Waals surface area contributed by atoms with Gasteiger partial charge in [0.05, 0.1) is 7.11 Å². The van der Waals surface area contributed by atoms with Crippen molar-refractivity contribution < 1.29 is 9.13 Å². The molecule has 2 aromatic rings. The average molecular weight is 306 g/mol. The summed E-state index contributed by atoms with van der Waals surface area (Å²) in [4.78, 5) is 0. The SMILES string of the molecule is COc1ccc(-c2ccc(Cl)cc2CNC2CC2)c(F)c1. The molecule has 3 rings (SSSR count). The first-order valence-corrected chi connectivity index (χ1v) is 7.41. The molecule has 2 aromatic carbocycles. The van der Waals surface area contributed by atoms with Crippen LogP contribution in [0.15, 0.2) is 36.4 Å². The van der Waals surface area contributed by atoms with E-state index in [2.05, 4.69) is 5.32 Å². The van der Waals surface area contributed by atoms with Crippen LogP contribution in [0.5, 0.6) is 5.75 Å². The van der Waals surface area contributed by atoms with Crippen molar-refractivity contribution in [1.29, 1.82) is 0 Å². The predicted molar refractivity (Wildman–Crippen MR) is 83.3 cm³/mol. The molecule has 110 valence electrons. The van der Waals surface area contributed by atoms with Gasteiger partial charge in [-0.1, -0.05) is 17.7 Å². The van der Waals surface area contributed by atoms with Crippen molar-refractivity contribution in [2.75, 3.05) is 7.11 Å². The van der Waals surface area contributed by atoms with Gasteiger partial charge in [-0.05, 0) is 48.2 Å². The van der Waals surface area contributed by atoms with Gasteiger partial charge in [-0.3, -0.25) is 0 Å². The zero-order valence-electron chi connectivity index (χ0n) is 11.8. The van der Waals surface area contributed by atoms with Crippen molar-refractivity contribution in [3.63, 3.8) is 0 Å². The Hall–Kier alpha value is -1.58. The molecular weight excluding hydrogens is 289 g/mol. The largest absolute Gasteiger partial charge is 0.497 e. The molecule has 1 fully saturated rings. The number of benzene rings is 2. The number of nitrogens with one attached hydrogen (secondary N) is 1. The summed E-state index contributed by atoms with van der Waals surface area (Å²) in [7, 11) is 1.53. The van der Waals surface area contributed by atoms with Crippen LogP contribution in [0.3, 0.4) is 0 Å². The molecule has 1 saturated carbocycles. The third-order valence-electron chi connectivity index (χ3n) is 3.69. The van der Waals surface area contributed by atoms with E-state index in [9.17, 15) is 4.39 Å². The van der Waals surface area contributed by atoms with E-state index in [-0.39, 0.29) is 5.82 Å². The minimum atomic E-state index is -0.288. The summed E-state index contributed by atoms with van der Waals surface area (Å²) < 4.78 is 19.3. The maximum absolute atomic E-state index is 14.3. The third kappa shape index (κ3) is 3.36. The minimum absolute atomic E-state index is 0.288. The lowest BCUT2D eigenvalue weighted by molar-refractivity contribution is 0.411. The standard InChI is InChI=1S/C17H17ClFNO/c1-21-14-5-7-16(17(19)9-14)15-6-2-12(18)8-11(15)10-20-13-3-4-13/h2,5-9,13,20H,3-4,10H2,1H3. The smallest absolute Gasteiger partial charge is 0.134 e. The summed E-state index contributed by atoms with van der Waals surface area (Å²) in [5.74, 6) is 0.229. The fourth-order valence-electron chi connectivity index (χ4n) is 2.35. The number of rotatable bonds is 5. The van der Waals surface area contributed by atoms with E-state index in [1.54, 1.807) is 18.2 Å². The number of hydrogen-bond acceptors (Lipinski definition) is 2. The van der Waals surface area contributed by atoms with Crippen molar-refractivity contribution in [1.82, 2.24) is 5.32 Å². The van der Waals surface area contributed by atoms with E-state index in [4.69, 9.17) is 16.3 Å². The third-order valence-corrected chi connectivity index (χ3v) is 3.93. The molecule has 4 heteroatoms. The van der Waals surface area contributed by atoms with Crippen molar-refractivity contribution in [3.8, 4) is 16.9 Å². The van der Waals surface area contributed by atoms with Crippen LogP contribution in [0.4, 0.5) is 4.39 Å². The maximum Gasteiger partial charge on any atom is 0.134 e. The van der Waals surface area contributed by atoms with E-state index in [1.807, 2.05) is 12.1 Å². The molecular formula is C17H17ClFNO. The molecule has 0 saturated heterocycles. The molecule has 0 bridgehead atoms. The zero-order valence-corrected chi connectivity index (χ0v) is 12.6. The number of halogens is 2. The zero-order chi connectivity index (χ0) is 14.8. The number of methoxy groups -OCH3 is 1. The Morgan fingerprint density at radius 2 is 1.95 bits per heavy atom. The highest BCUT2D eigenvalue weighted by Gasteiger charge is 2.21. The maximum atomic E-state index is 14.3. The first kappa shape index (κ1) is 14.4. The van der Waals surface area contributed by atoms with Gasteiger partial charge in [-0.25, -0.2) is 4.39 Å². The highest BCUT2D eigenvalue weighted by Crippen LogP contribution is 2.31. The molecule has 0 amide bonds. The summed E-state index contributed by atoms with van der Waals surface area (Å²) in [5.41, 5.74) is 2.45. The Balaban J connectivity index is 1.95. The number of hydrogen-bond donors (Lipinski definition) is 1. The van der Waals surface area contributed by atoms with Crippen LogP contribution in [-0.2, 0) is 6.54 Å². The molecule has 1 aliphatic carbocycles. The van der Waals surface area contributed by atoms with Crippen molar-refractivity contribution in [2.45, 2.75) is 25.4 Å². The van der Waals surface area contributed by atoms with Crippen LogP contribution in [0, 0.1) is 5.82 Å². The van der Waals surface area contributed by atoms with Gasteiger partial charge < -0.3 is 10.1 Å². The Labute approximate surface area is 128 Å². The second kappa shape index (κ2) is 6.04. The summed E-state index contributed by atoms with van der Waals surface area (Å²) in [6, 6.07) is 11.1. The molecule has 0 aromatic heterocycles. The van der Waals surface area contributed by atoms with Gasteiger partial charge in [-0.2, -0.15) is 0 Å². The van der Waals surface area contributed by atoms with Crippen LogP contribution < -0.4 is 10.1 Å². The van der Waals surface area contributed by atoms with Crippen molar-refractivity contribution in [2.24, 2.45) is 0 Å². The van der Waals surface area contributed by atoms with Gasteiger partial charge in [0.25, 0.3) is 0 Å². The van der Waals surface area contributed by atoms with Crippen LogP contribution in [-0.4, -0.2) is 13.2 Å². The highest BCUT2D eigenvalue weighted by atomic mass is 35.5. The highest BCUT2D eigenvalue weighted by molar-refractivity contribution is 6.30.